The molecule has 40 heavy (non-hydrogen) atoms. The van der Waals surface area contributed by atoms with Gasteiger partial charge >= 0.3 is 6.01 Å². The van der Waals surface area contributed by atoms with Gasteiger partial charge < -0.3 is 19.3 Å². The first-order valence-corrected chi connectivity index (χ1v) is 15.7. The number of hydrogen-bond donors (Lipinski definition) is 0. The van der Waals surface area contributed by atoms with Crippen LogP contribution in [0.3, 0.4) is 0 Å². The maximum atomic E-state index is 13.6. The second-order valence-corrected chi connectivity index (χ2v) is 13.4. The Bertz CT molecular complexity index is 1180. The third kappa shape index (κ3) is 7.19. The molecule has 0 radical (unpaired) electrons. The molecular formula is C30H45N5O4S. The molecule has 0 saturated carbocycles. The molecule has 0 aliphatic carbocycles. The zero-order valence-electron chi connectivity index (χ0n) is 25.1. The van der Waals surface area contributed by atoms with E-state index in [0.717, 1.165) is 44.3 Å². The summed E-state index contributed by atoms with van der Waals surface area (Å²) in [5.74, 6) is 0.257. The minimum Gasteiger partial charge on any atom is -0.472 e. The average molecular weight is 572 g/mol. The lowest BCUT2D eigenvalue weighted by Gasteiger charge is -2.43. The van der Waals surface area contributed by atoms with E-state index >= 15 is 0 Å². The predicted octanol–water partition coefficient (Wildman–Crippen LogP) is 3.96. The van der Waals surface area contributed by atoms with Crippen molar-refractivity contribution in [3.63, 3.8) is 0 Å². The molecule has 0 spiro atoms. The fourth-order valence-electron chi connectivity index (χ4n) is 5.58. The molecule has 2 aliphatic heterocycles. The van der Waals surface area contributed by atoms with Crippen LogP contribution in [0.1, 0.15) is 73.6 Å². The monoisotopic (exact) mass is 571 g/mol. The molecule has 1 atom stereocenters. The van der Waals surface area contributed by atoms with E-state index in [4.69, 9.17) is 9.47 Å². The summed E-state index contributed by atoms with van der Waals surface area (Å²) in [6.07, 6.45) is 5.66. The van der Waals surface area contributed by atoms with Gasteiger partial charge in [0.1, 0.15) is 12.3 Å². The van der Waals surface area contributed by atoms with Crippen molar-refractivity contribution in [2.45, 2.75) is 77.5 Å². The molecule has 1 aromatic carbocycles. The van der Waals surface area contributed by atoms with Crippen molar-refractivity contribution in [2.24, 2.45) is 0 Å². The number of likely N-dealkylation sites (tertiary alicyclic amines) is 2. The van der Waals surface area contributed by atoms with Gasteiger partial charge in [0, 0.05) is 44.0 Å². The molecule has 10 heteroatoms. The lowest BCUT2D eigenvalue weighted by Crippen LogP contribution is -2.51. The molecule has 9 nitrogen and oxygen atoms in total. The number of hydrogen-bond acceptors (Lipinski definition) is 7. The number of piperidine rings is 2. The van der Waals surface area contributed by atoms with Gasteiger partial charge in [0.05, 0.1) is 18.1 Å². The minimum atomic E-state index is -0.931. The Morgan fingerprint density at radius 2 is 1.68 bits per heavy atom. The summed E-state index contributed by atoms with van der Waals surface area (Å²) in [5.41, 5.74) is 3.33. The number of benzene rings is 1. The van der Waals surface area contributed by atoms with Crippen molar-refractivity contribution in [1.82, 2.24) is 24.1 Å². The summed E-state index contributed by atoms with van der Waals surface area (Å²) in [6, 6.07) is 9.34. The number of methoxy groups -OCH3 is 1. The molecule has 2 saturated heterocycles. The lowest BCUT2D eigenvalue weighted by atomic mass is 9.87. The summed E-state index contributed by atoms with van der Waals surface area (Å²) in [5, 5.41) is 0. The molecule has 1 aromatic heterocycles. The zero-order chi connectivity index (χ0) is 29.0. The second-order valence-electron chi connectivity index (χ2n) is 12.0. The van der Waals surface area contributed by atoms with Crippen LogP contribution < -0.4 is 9.47 Å². The highest BCUT2D eigenvalue weighted by molar-refractivity contribution is 7.81. The molecule has 220 valence electrons. The number of amides is 1. The van der Waals surface area contributed by atoms with Crippen LogP contribution in [-0.4, -0.2) is 92.9 Å². The van der Waals surface area contributed by atoms with Crippen LogP contribution in [0.5, 0.6) is 11.9 Å². The van der Waals surface area contributed by atoms with Crippen LogP contribution >= 0.6 is 0 Å². The Morgan fingerprint density at radius 3 is 2.23 bits per heavy atom. The Hall–Kier alpha value is -2.56. The van der Waals surface area contributed by atoms with Crippen molar-refractivity contribution in [1.29, 1.82) is 0 Å². The van der Waals surface area contributed by atoms with E-state index in [0.29, 0.717) is 48.9 Å². The van der Waals surface area contributed by atoms with Crippen LogP contribution in [0.25, 0.3) is 0 Å². The molecule has 2 aliphatic rings. The quantitative estimate of drug-likeness (QED) is 0.474. The van der Waals surface area contributed by atoms with E-state index in [9.17, 15) is 9.00 Å². The summed E-state index contributed by atoms with van der Waals surface area (Å²) in [7, 11) is 2.52. The molecule has 4 rings (SSSR count). The van der Waals surface area contributed by atoms with E-state index in [2.05, 4.69) is 59.9 Å². The first-order chi connectivity index (χ1) is 19.0. The van der Waals surface area contributed by atoms with E-state index in [1.165, 1.54) is 12.7 Å². The molecule has 0 N–H and O–H groups in total. The van der Waals surface area contributed by atoms with Crippen molar-refractivity contribution < 1.29 is 18.5 Å². The Balaban J connectivity index is 1.37. The zero-order valence-corrected chi connectivity index (χ0v) is 25.9. The van der Waals surface area contributed by atoms with Crippen molar-refractivity contribution in [3.05, 3.63) is 46.6 Å². The molecule has 2 fully saturated rings. The van der Waals surface area contributed by atoms with Crippen LogP contribution in [-0.2, 0) is 23.0 Å². The maximum Gasteiger partial charge on any atom is 0.320 e. The number of aromatic nitrogens is 2. The highest BCUT2D eigenvalue weighted by Gasteiger charge is 2.32. The van der Waals surface area contributed by atoms with Crippen LogP contribution in [0.15, 0.2) is 24.3 Å². The molecule has 1 amide bonds. The average Bonchev–Trinajstić information content (AvgIpc) is 2.95. The first-order valence-electron chi connectivity index (χ1n) is 14.2. The van der Waals surface area contributed by atoms with Crippen LogP contribution in [0.2, 0.25) is 0 Å². The largest absolute Gasteiger partial charge is 0.472 e. The van der Waals surface area contributed by atoms with Crippen molar-refractivity contribution in [3.8, 4) is 11.9 Å². The fourth-order valence-corrected chi connectivity index (χ4v) is 6.21. The van der Waals surface area contributed by atoms with Gasteiger partial charge in [0.2, 0.25) is 5.88 Å². The summed E-state index contributed by atoms with van der Waals surface area (Å²) in [4.78, 5) is 26.8. The van der Waals surface area contributed by atoms with E-state index in [1.807, 2.05) is 23.2 Å². The van der Waals surface area contributed by atoms with Gasteiger partial charge in [-0.05, 0) is 62.2 Å². The predicted molar refractivity (Wildman–Crippen MR) is 158 cm³/mol. The van der Waals surface area contributed by atoms with Gasteiger partial charge in [-0.3, -0.25) is 4.79 Å². The molecule has 1 unspecified atom stereocenters. The van der Waals surface area contributed by atoms with Gasteiger partial charge in [0.15, 0.2) is 0 Å². The molecular weight excluding hydrogens is 526 g/mol. The van der Waals surface area contributed by atoms with E-state index < -0.39 is 11.0 Å². The SMILES string of the molecule is COc1nc(OCc2ccc(C(C)(C)C)cc2)c(C)c(C(=O)N2CCC(N3CCC(N(C)S(C)=O)CC3)CC2)n1. The summed E-state index contributed by atoms with van der Waals surface area (Å²) in [6.45, 7) is 12.1. The van der Waals surface area contributed by atoms with Gasteiger partial charge in [0.25, 0.3) is 5.91 Å². The van der Waals surface area contributed by atoms with Gasteiger partial charge in [-0.25, -0.2) is 8.51 Å². The Kier molecular flexibility index (Phi) is 9.85. The summed E-state index contributed by atoms with van der Waals surface area (Å²) >= 11 is 0. The number of carbonyl (C=O) groups is 1. The van der Waals surface area contributed by atoms with E-state index in [-0.39, 0.29) is 17.3 Å². The van der Waals surface area contributed by atoms with Crippen molar-refractivity contribution in [2.75, 3.05) is 46.6 Å². The van der Waals surface area contributed by atoms with Crippen molar-refractivity contribution >= 4 is 16.9 Å². The number of nitrogens with zero attached hydrogens (tertiary/aromatic N) is 5. The third-order valence-corrected chi connectivity index (χ3v) is 9.46. The summed E-state index contributed by atoms with van der Waals surface area (Å²) < 4.78 is 25.2. The fraction of sp³-hybridized carbons (Fsp3) is 0.633. The second kappa shape index (κ2) is 13.0. The molecule has 0 bridgehead atoms. The van der Waals surface area contributed by atoms with Crippen LogP contribution in [0.4, 0.5) is 0 Å². The number of ether oxygens (including phenoxy) is 2. The normalized spacial score (nSPS) is 18.6. The van der Waals surface area contributed by atoms with Gasteiger partial charge in [-0.1, -0.05) is 45.0 Å². The minimum absolute atomic E-state index is 0.0882. The smallest absolute Gasteiger partial charge is 0.320 e. The van der Waals surface area contributed by atoms with Gasteiger partial charge in [-0.2, -0.15) is 9.97 Å². The first kappa shape index (κ1) is 30.4. The third-order valence-electron chi connectivity index (χ3n) is 8.35. The van der Waals surface area contributed by atoms with E-state index in [1.54, 1.807) is 6.26 Å². The molecule has 3 heterocycles. The Morgan fingerprint density at radius 1 is 1.05 bits per heavy atom. The number of rotatable bonds is 8. The Labute approximate surface area is 241 Å². The highest BCUT2D eigenvalue weighted by atomic mass is 32.2. The highest BCUT2D eigenvalue weighted by Crippen LogP contribution is 2.28. The van der Waals surface area contributed by atoms with Crippen LogP contribution in [0, 0.1) is 6.92 Å². The van der Waals surface area contributed by atoms with Gasteiger partial charge in [-0.15, -0.1) is 0 Å². The molecule has 2 aromatic rings. The standard InChI is InChI=1S/C30H45N5O4S/c1-21-26(31-29(38-6)32-27(21)39-20-22-8-10-23(11-9-22)30(2,3)4)28(36)35-18-14-25(15-19-35)34-16-12-24(13-17-34)33(5)40(7)37/h8-11,24-25H,12-20H2,1-7H3. The number of carbonyl (C=O) groups excluding carboxylic acids is 1. The lowest BCUT2D eigenvalue weighted by molar-refractivity contribution is 0.0542. The topological polar surface area (TPSA) is 88.1 Å². The maximum absolute atomic E-state index is 13.6.